The molecular formula is C7H12O3. The number of carbonyl (C=O) groups excluding carboxylic acids is 1. The molecule has 1 rings (SSSR count). The highest BCUT2D eigenvalue weighted by atomic mass is 16.6. The van der Waals surface area contributed by atoms with E-state index in [0.717, 1.165) is 6.29 Å². The van der Waals surface area contributed by atoms with Crippen LogP contribution in [0.25, 0.3) is 0 Å². The van der Waals surface area contributed by atoms with Crippen molar-refractivity contribution in [1.29, 1.82) is 0 Å². The molecule has 0 radical (unpaired) electrons. The van der Waals surface area contributed by atoms with Crippen LogP contribution in [0.2, 0.25) is 0 Å². The minimum atomic E-state index is -0.617. The van der Waals surface area contributed by atoms with Gasteiger partial charge in [0, 0.05) is 0 Å². The molecule has 1 aliphatic rings. The van der Waals surface area contributed by atoms with Crippen LogP contribution in [0.4, 0.5) is 0 Å². The predicted molar refractivity (Wildman–Crippen MR) is 35.8 cm³/mol. The Hall–Kier alpha value is -0.410. The highest BCUT2D eigenvalue weighted by molar-refractivity contribution is 5.64. The van der Waals surface area contributed by atoms with E-state index in [-0.39, 0.29) is 6.10 Å². The summed E-state index contributed by atoms with van der Waals surface area (Å²) in [6, 6.07) is 0. The fraction of sp³-hybridized carbons (Fsp3) is 0.857. The Morgan fingerprint density at radius 2 is 2.20 bits per heavy atom. The van der Waals surface area contributed by atoms with Crippen LogP contribution in [-0.4, -0.2) is 31.2 Å². The Bertz CT molecular complexity index is 127. The summed E-state index contributed by atoms with van der Waals surface area (Å²) in [5, 5.41) is 0. The van der Waals surface area contributed by atoms with Crippen molar-refractivity contribution in [1.82, 2.24) is 0 Å². The van der Waals surface area contributed by atoms with Crippen molar-refractivity contribution in [2.45, 2.75) is 25.6 Å². The molecule has 0 atom stereocenters. The summed E-state index contributed by atoms with van der Waals surface area (Å²) in [5.74, 6) is 0. The molecule has 0 N–H and O–H groups in total. The fourth-order valence-electron chi connectivity index (χ4n) is 0.937. The summed E-state index contributed by atoms with van der Waals surface area (Å²) >= 11 is 0. The van der Waals surface area contributed by atoms with Gasteiger partial charge in [-0.05, 0) is 13.8 Å². The number of hydrogen-bond donors (Lipinski definition) is 0. The van der Waals surface area contributed by atoms with Gasteiger partial charge in [-0.1, -0.05) is 0 Å². The molecule has 1 heterocycles. The van der Waals surface area contributed by atoms with E-state index in [1.54, 1.807) is 0 Å². The van der Waals surface area contributed by atoms with Gasteiger partial charge < -0.3 is 9.47 Å². The smallest absolute Gasteiger partial charge is 0.170 e. The second-order valence-electron chi connectivity index (χ2n) is 2.84. The topological polar surface area (TPSA) is 35.5 Å². The molecule has 3 heteroatoms. The molecule has 58 valence electrons. The number of aldehydes is 1. The first-order valence-electron chi connectivity index (χ1n) is 3.40. The quantitative estimate of drug-likeness (QED) is 0.537. The van der Waals surface area contributed by atoms with Crippen LogP contribution in [0, 0.1) is 0 Å². The maximum absolute atomic E-state index is 10.4. The summed E-state index contributed by atoms with van der Waals surface area (Å²) < 4.78 is 10.2. The summed E-state index contributed by atoms with van der Waals surface area (Å²) in [5.41, 5.74) is -0.617. The molecule has 1 fully saturated rings. The normalized spacial score (nSPS) is 22.3. The van der Waals surface area contributed by atoms with Gasteiger partial charge in [0.1, 0.15) is 0 Å². The largest absolute Gasteiger partial charge is 0.374 e. The first-order valence-corrected chi connectivity index (χ1v) is 3.40. The van der Waals surface area contributed by atoms with E-state index in [1.165, 1.54) is 0 Å². The third kappa shape index (κ3) is 1.36. The zero-order valence-corrected chi connectivity index (χ0v) is 6.29. The Kier molecular flexibility index (Phi) is 2.06. The van der Waals surface area contributed by atoms with Crippen molar-refractivity contribution >= 4 is 6.29 Å². The molecule has 0 bridgehead atoms. The average molecular weight is 144 g/mol. The molecule has 0 spiro atoms. The van der Waals surface area contributed by atoms with E-state index >= 15 is 0 Å². The lowest BCUT2D eigenvalue weighted by Gasteiger charge is -2.37. The van der Waals surface area contributed by atoms with Crippen LogP contribution in [0.15, 0.2) is 0 Å². The van der Waals surface area contributed by atoms with Crippen LogP contribution in [0.5, 0.6) is 0 Å². The van der Waals surface area contributed by atoms with Gasteiger partial charge in [-0.15, -0.1) is 0 Å². The highest BCUT2D eigenvalue weighted by Crippen LogP contribution is 2.20. The minimum absolute atomic E-state index is 0.0918. The van der Waals surface area contributed by atoms with E-state index in [1.807, 2.05) is 13.8 Å². The van der Waals surface area contributed by atoms with Gasteiger partial charge in [0.15, 0.2) is 11.9 Å². The molecule has 0 aromatic carbocycles. The third-order valence-corrected chi connectivity index (χ3v) is 1.38. The Morgan fingerprint density at radius 3 is 2.30 bits per heavy atom. The maximum Gasteiger partial charge on any atom is 0.170 e. The van der Waals surface area contributed by atoms with Crippen molar-refractivity contribution in [3.8, 4) is 0 Å². The van der Waals surface area contributed by atoms with Gasteiger partial charge in [-0.25, -0.2) is 0 Å². The van der Waals surface area contributed by atoms with Gasteiger partial charge in [0.25, 0.3) is 0 Å². The SMILES string of the molecule is CC(C)OC1(C=O)COC1. The molecule has 1 aliphatic heterocycles. The monoisotopic (exact) mass is 144 g/mol. The fourth-order valence-corrected chi connectivity index (χ4v) is 0.937. The van der Waals surface area contributed by atoms with Gasteiger partial charge in [0.2, 0.25) is 0 Å². The maximum atomic E-state index is 10.4. The summed E-state index contributed by atoms with van der Waals surface area (Å²) in [7, 11) is 0. The first-order chi connectivity index (χ1) is 4.68. The summed E-state index contributed by atoms with van der Waals surface area (Å²) in [4.78, 5) is 10.4. The van der Waals surface area contributed by atoms with Crippen molar-refractivity contribution < 1.29 is 14.3 Å². The Balaban J connectivity index is 2.40. The van der Waals surface area contributed by atoms with Crippen LogP contribution in [0.1, 0.15) is 13.8 Å². The summed E-state index contributed by atoms with van der Waals surface area (Å²) in [6.45, 7) is 4.64. The molecule has 3 nitrogen and oxygen atoms in total. The second-order valence-corrected chi connectivity index (χ2v) is 2.84. The number of rotatable bonds is 3. The van der Waals surface area contributed by atoms with Gasteiger partial charge >= 0.3 is 0 Å². The lowest BCUT2D eigenvalue weighted by Crippen LogP contribution is -2.54. The Labute approximate surface area is 60.3 Å². The molecule has 0 saturated carbocycles. The van der Waals surface area contributed by atoms with E-state index in [4.69, 9.17) is 9.47 Å². The predicted octanol–water partition coefficient (Wildman–Crippen LogP) is 0.379. The van der Waals surface area contributed by atoms with Crippen molar-refractivity contribution in [2.75, 3.05) is 13.2 Å². The van der Waals surface area contributed by atoms with E-state index < -0.39 is 5.60 Å². The lowest BCUT2D eigenvalue weighted by atomic mass is 10.0. The standard InChI is InChI=1S/C7H12O3/c1-6(2)10-7(3-8)4-9-5-7/h3,6H,4-5H2,1-2H3. The molecule has 0 aromatic rings. The molecule has 1 saturated heterocycles. The molecule has 0 unspecified atom stereocenters. The second kappa shape index (κ2) is 2.68. The number of carbonyl (C=O) groups is 1. The lowest BCUT2D eigenvalue weighted by molar-refractivity contribution is -0.211. The summed E-state index contributed by atoms with van der Waals surface area (Å²) in [6.07, 6.45) is 0.922. The molecule has 0 aromatic heterocycles. The van der Waals surface area contributed by atoms with Crippen LogP contribution < -0.4 is 0 Å². The first kappa shape index (κ1) is 7.69. The number of ether oxygens (including phenoxy) is 2. The van der Waals surface area contributed by atoms with Crippen molar-refractivity contribution in [2.24, 2.45) is 0 Å². The number of hydrogen-bond acceptors (Lipinski definition) is 3. The Morgan fingerprint density at radius 1 is 1.60 bits per heavy atom. The minimum Gasteiger partial charge on any atom is -0.374 e. The zero-order chi connectivity index (χ0) is 7.61. The molecule has 10 heavy (non-hydrogen) atoms. The van der Waals surface area contributed by atoms with Crippen LogP contribution in [0.3, 0.4) is 0 Å². The van der Waals surface area contributed by atoms with Crippen molar-refractivity contribution in [3.05, 3.63) is 0 Å². The van der Waals surface area contributed by atoms with Crippen LogP contribution >= 0.6 is 0 Å². The van der Waals surface area contributed by atoms with Crippen LogP contribution in [-0.2, 0) is 14.3 Å². The van der Waals surface area contributed by atoms with E-state index in [2.05, 4.69) is 0 Å². The third-order valence-electron chi connectivity index (χ3n) is 1.38. The van der Waals surface area contributed by atoms with E-state index in [9.17, 15) is 4.79 Å². The van der Waals surface area contributed by atoms with Gasteiger partial charge in [-0.3, -0.25) is 4.79 Å². The molecule has 0 aliphatic carbocycles. The highest BCUT2D eigenvalue weighted by Gasteiger charge is 2.40. The average Bonchev–Trinajstić information content (AvgIpc) is 1.78. The van der Waals surface area contributed by atoms with E-state index in [0.29, 0.717) is 13.2 Å². The molecule has 0 amide bonds. The molecular weight excluding hydrogens is 132 g/mol. The van der Waals surface area contributed by atoms with Crippen molar-refractivity contribution in [3.63, 3.8) is 0 Å². The van der Waals surface area contributed by atoms with Gasteiger partial charge in [-0.2, -0.15) is 0 Å². The zero-order valence-electron chi connectivity index (χ0n) is 6.29. The van der Waals surface area contributed by atoms with Gasteiger partial charge in [0.05, 0.1) is 19.3 Å².